The summed E-state index contributed by atoms with van der Waals surface area (Å²) in [6, 6.07) is 1.99. The highest BCUT2D eigenvalue weighted by molar-refractivity contribution is 6.05. The van der Waals surface area contributed by atoms with Crippen LogP contribution in [0.1, 0.15) is 123 Å². The molecule has 1 aromatic rings. The molecule has 1 aliphatic carbocycles. The smallest absolute Gasteiger partial charge is 0.163 e. The average molecular weight is 441 g/mol. The molecular formula is C28H40O4. The zero-order valence-electron chi connectivity index (χ0n) is 21.0. The Morgan fingerprint density at radius 3 is 2.25 bits per heavy atom. The largest absolute Gasteiger partial charge is 0.300 e. The van der Waals surface area contributed by atoms with Crippen molar-refractivity contribution in [1.29, 1.82) is 0 Å². The van der Waals surface area contributed by atoms with Gasteiger partial charge in [0.15, 0.2) is 11.6 Å². The Bertz CT molecular complexity index is 893. The van der Waals surface area contributed by atoms with Crippen molar-refractivity contribution in [2.45, 2.75) is 99.3 Å². The second-order valence-corrected chi connectivity index (χ2v) is 10.0. The van der Waals surface area contributed by atoms with Crippen LogP contribution in [0.3, 0.4) is 0 Å². The van der Waals surface area contributed by atoms with Crippen molar-refractivity contribution in [2.75, 3.05) is 0 Å². The maximum atomic E-state index is 13.3. The van der Waals surface area contributed by atoms with Crippen LogP contribution in [0.5, 0.6) is 0 Å². The van der Waals surface area contributed by atoms with Crippen molar-refractivity contribution >= 4 is 23.1 Å². The van der Waals surface area contributed by atoms with E-state index >= 15 is 0 Å². The lowest BCUT2D eigenvalue weighted by Crippen LogP contribution is -2.30. The van der Waals surface area contributed by atoms with Crippen molar-refractivity contribution in [3.05, 3.63) is 33.9 Å². The van der Waals surface area contributed by atoms with Crippen molar-refractivity contribution in [3.63, 3.8) is 0 Å². The SMILES string of the molecule is CCCC(CC1CC(=O)c2c(C)c(C(C)=O)cc(C(C)C)c2C1)C(CC)C(=O)CC(C)=O. The molecule has 0 aliphatic heterocycles. The molecule has 0 bridgehead atoms. The second-order valence-electron chi connectivity index (χ2n) is 10.0. The minimum Gasteiger partial charge on any atom is -0.300 e. The number of ketones is 4. The molecule has 0 spiro atoms. The van der Waals surface area contributed by atoms with Crippen LogP contribution in [0.15, 0.2) is 6.07 Å². The second kappa shape index (κ2) is 11.2. The van der Waals surface area contributed by atoms with Crippen LogP contribution in [-0.4, -0.2) is 23.1 Å². The predicted molar refractivity (Wildman–Crippen MR) is 129 cm³/mol. The zero-order valence-corrected chi connectivity index (χ0v) is 21.0. The van der Waals surface area contributed by atoms with Gasteiger partial charge in [-0.05, 0) is 80.5 Å². The maximum Gasteiger partial charge on any atom is 0.163 e. The molecule has 4 nitrogen and oxygen atoms in total. The Balaban J connectivity index is 2.40. The number of carbonyl (C=O) groups is 4. The average Bonchev–Trinajstić information content (AvgIpc) is 2.67. The van der Waals surface area contributed by atoms with E-state index in [1.165, 1.54) is 6.92 Å². The summed E-state index contributed by atoms with van der Waals surface area (Å²) in [6.07, 6.45) is 4.74. The van der Waals surface area contributed by atoms with Crippen LogP contribution in [0.2, 0.25) is 0 Å². The van der Waals surface area contributed by atoms with Gasteiger partial charge in [0, 0.05) is 23.5 Å². The zero-order chi connectivity index (χ0) is 24.2. The van der Waals surface area contributed by atoms with Crippen molar-refractivity contribution < 1.29 is 19.2 Å². The minimum atomic E-state index is -0.123. The molecule has 32 heavy (non-hydrogen) atoms. The summed E-state index contributed by atoms with van der Waals surface area (Å²) in [5, 5.41) is 0. The van der Waals surface area contributed by atoms with Gasteiger partial charge in [-0.15, -0.1) is 0 Å². The van der Waals surface area contributed by atoms with Gasteiger partial charge < -0.3 is 0 Å². The quantitative estimate of drug-likeness (QED) is 0.293. The molecule has 0 fully saturated rings. The number of benzene rings is 1. The van der Waals surface area contributed by atoms with Gasteiger partial charge in [-0.1, -0.05) is 40.5 Å². The van der Waals surface area contributed by atoms with E-state index in [9.17, 15) is 19.2 Å². The summed E-state index contributed by atoms with van der Waals surface area (Å²) in [5.41, 5.74) is 4.42. The van der Waals surface area contributed by atoms with E-state index < -0.39 is 0 Å². The molecule has 0 amide bonds. The number of carbonyl (C=O) groups excluding carboxylic acids is 4. The number of Topliss-reactive ketones (excluding diaryl/α,β-unsaturated/α-hetero) is 4. The molecule has 0 heterocycles. The lowest BCUT2D eigenvalue weighted by molar-refractivity contribution is -0.129. The standard InChI is InChI=1S/C28H40O4/c1-8-10-21(22(9-2)26(31)11-17(5)29)12-20-13-25-23(16(3)4)15-24(19(7)30)18(6)28(25)27(32)14-20/h15-16,20-22H,8-14H2,1-7H3. The molecule has 3 atom stereocenters. The molecule has 3 unspecified atom stereocenters. The molecule has 0 saturated heterocycles. The normalized spacial score (nSPS) is 17.8. The molecule has 176 valence electrons. The van der Waals surface area contributed by atoms with Gasteiger partial charge in [-0.2, -0.15) is 0 Å². The van der Waals surface area contributed by atoms with Crippen LogP contribution < -0.4 is 0 Å². The Morgan fingerprint density at radius 1 is 1.09 bits per heavy atom. The maximum absolute atomic E-state index is 13.3. The Kier molecular flexibility index (Phi) is 9.12. The first-order valence-corrected chi connectivity index (χ1v) is 12.2. The van der Waals surface area contributed by atoms with Crippen molar-refractivity contribution in [1.82, 2.24) is 0 Å². The first-order valence-electron chi connectivity index (χ1n) is 12.2. The molecule has 0 N–H and O–H groups in total. The molecule has 1 aliphatic rings. The highest BCUT2D eigenvalue weighted by Crippen LogP contribution is 2.40. The Hall–Kier alpha value is -2.10. The molecule has 0 radical (unpaired) electrons. The van der Waals surface area contributed by atoms with Gasteiger partial charge in [-0.3, -0.25) is 19.2 Å². The topological polar surface area (TPSA) is 68.3 Å². The highest BCUT2D eigenvalue weighted by Gasteiger charge is 2.35. The highest BCUT2D eigenvalue weighted by atomic mass is 16.1. The number of rotatable bonds is 11. The van der Waals surface area contributed by atoms with E-state index in [2.05, 4.69) is 20.8 Å². The van der Waals surface area contributed by atoms with E-state index in [4.69, 9.17) is 0 Å². The summed E-state index contributed by atoms with van der Waals surface area (Å²) in [7, 11) is 0. The summed E-state index contributed by atoms with van der Waals surface area (Å²) in [4.78, 5) is 49.8. The van der Waals surface area contributed by atoms with Crippen LogP contribution >= 0.6 is 0 Å². The van der Waals surface area contributed by atoms with Crippen molar-refractivity contribution in [3.8, 4) is 0 Å². The Morgan fingerprint density at radius 2 is 1.75 bits per heavy atom. The first kappa shape index (κ1) is 26.2. The van der Waals surface area contributed by atoms with E-state index in [1.807, 2.05) is 19.9 Å². The fourth-order valence-electron chi connectivity index (χ4n) is 5.71. The molecule has 2 rings (SSSR count). The van der Waals surface area contributed by atoms with E-state index in [0.717, 1.165) is 54.4 Å². The predicted octanol–water partition coefficient (Wildman–Crippen LogP) is 6.45. The van der Waals surface area contributed by atoms with Gasteiger partial charge >= 0.3 is 0 Å². The lowest BCUT2D eigenvalue weighted by Gasteiger charge is -2.33. The van der Waals surface area contributed by atoms with Crippen LogP contribution in [0, 0.1) is 24.7 Å². The van der Waals surface area contributed by atoms with E-state index in [0.29, 0.717) is 12.0 Å². The lowest BCUT2D eigenvalue weighted by atomic mass is 9.70. The number of hydrogen-bond donors (Lipinski definition) is 0. The monoisotopic (exact) mass is 440 g/mol. The van der Waals surface area contributed by atoms with Gasteiger partial charge in [-0.25, -0.2) is 0 Å². The van der Waals surface area contributed by atoms with E-state index in [-0.39, 0.29) is 53.2 Å². The molecule has 0 aromatic heterocycles. The van der Waals surface area contributed by atoms with Gasteiger partial charge in [0.1, 0.15) is 11.6 Å². The van der Waals surface area contributed by atoms with Crippen LogP contribution in [0.25, 0.3) is 0 Å². The molecule has 1 aromatic carbocycles. The van der Waals surface area contributed by atoms with E-state index in [1.54, 1.807) is 6.92 Å². The summed E-state index contributed by atoms with van der Waals surface area (Å²) in [5.74, 6) is 0.566. The third kappa shape index (κ3) is 5.82. The fraction of sp³-hybridized carbons (Fsp3) is 0.643. The summed E-state index contributed by atoms with van der Waals surface area (Å²) >= 11 is 0. The molecule has 0 saturated carbocycles. The van der Waals surface area contributed by atoms with Gasteiger partial charge in [0.2, 0.25) is 0 Å². The summed E-state index contributed by atoms with van der Waals surface area (Å²) in [6.45, 7) is 13.3. The molecule has 4 heteroatoms. The number of hydrogen-bond acceptors (Lipinski definition) is 4. The number of fused-ring (bicyclic) bond motifs is 1. The van der Waals surface area contributed by atoms with Crippen LogP contribution in [0.4, 0.5) is 0 Å². The fourth-order valence-corrected chi connectivity index (χ4v) is 5.71. The molecular weight excluding hydrogens is 400 g/mol. The van der Waals surface area contributed by atoms with Crippen LogP contribution in [-0.2, 0) is 16.0 Å². The first-order chi connectivity index (χ1) is 15.0. The van der Waals surface area contributed by atoms with Gasteiger partial charge in [0.25, 0.3) is 0 Å². The Labute approximate surface area is 193 Å². The minimum absolute atomic E-state index is 0.0000883. The summed E-state index contributed by atoms with van der Waals surface area (Å²) < 4.78 is 0. The third-order valence-electron chi connectivity index (χ3n) is 7.12. The van der Waals surface area contributed by atoms with Gasteiger partial charge in [0.05, 0.1) is 6.42 Å². The third-order valence-corrected chi connectivity index (χ3v) is 7.12. The van der Waals surface area contributed by atoms with Crippen molar-refractivity contribution in [2.24, 2.45) is 17.8 Å².